The second-order valence-corrected chi connectivity index (χ2v) is 5.19. The van der Waals surface area contributed by atoms with E-state index in [1.54, 1.807) is 0 Å². The van der Waals surface area contributed by atoms with Crippen molar-refractivity contribution in [2.45, 2.75) is 52.1 Å². The molecule has 0 saturated carbocycles. The molecular weight excluding hydrogens is 246 g/mol. The zero-order valence-corrected chi connectivity index (χ0v) is 12.7. The normalized spacial score (nSPS) is 14.2. The number of hydrogen-bond acceptors (Lipinski definition) is 2. The van der Waals surface area contributed by atoms with Crippen LogP contribution in [0.25, 0.3) is 0 Å². The molecule has 1 aromatic carbocycles. The third-order valence-electron chi connectivity index (χ3n) is 3.92. The van der Waals surface area contributed by atoms with Crippen LogP contribution in [-0.2, 0) is 12.8 Å². The molecule has 0 aliphatic heterocycles. The van der Waals surface area contributed by atoms with Crippen molar-refractivity contribution in [3.63, 3.8) is 0 Å². The molecule has 1 aromatic heterocycles. The first kappa shape index (κ1) is 14.8. The van der Waals surface area contributed by atoms with Gasteiger partial charge in [0.15, 0.2) is 0 Å². The van der Waals surface area contributed by atoms with Crippen LogP contribution >= 0.6 is 0 Å². The van der Waals surface area contributed by atoms with Gasteiger partial charge in [-0.05, 0) is 30.9 Å². The number of nitrogens with zero attached hydrogens (tertiary/aromatic N) is 2. The van der Waals surface area contributed by atoms with Gasteiger partial charge >= 0.3 is 0 Å². The van der Waals surface area contributed by atoms with Gasteiger partial charge < -0.3 is 5.73 Å². The quantitative estimate of drug-likeness (QED) is 0.871. The summed E-state index contributed by atoms with van der Waals surface area (Å²) in [5, 5.41) is 4.75. The predicted octanol–water partition coefficient (Wildman–Crippen LogP) is 3.66. The van der Waals surface area contributed by atoms with Crippen molar-refractivity contribution < 1.29 is 0 Å². The van der Waals surface area contributed by atoms with Crippen LogP contribution in [0.2, 0.25) is 0 Å². The molecule has 0 aliphatic carbocycles. The minimum Gasteiger partial charge on any atom is -0.322 e. The minimum atomic E-state index is -0.0175. The fourth-order valence-corrected chi connectivity index (χ4v) is 2.69. The number of rotatable bonds is 6. The summed E-state index contributed by atoms with van der Waals surface area (Å²) >= 11 is 0. The Hall–Kier alpha value is -1.61. The molecule has 3 heteroatoms. The maximum absolute atomic E-state index is 6.50. The van der Waals surface area contributed by atoms with Crippen molar-refractivity contribution in [2.75, 3.05) is 0 Å². The molecule has 0 radical (unpaired) electrons. The van der Waals surface area contributed by atoms with Crippen LogP contribution in [-0.4, -0.2) is 9.78 Å². The predicted molar refractivity (Wildman–Crippen MR) is 83.7 cm³/mol. The Morgan fingerprint density at radius 2 is 1.80 bits per heavy atom. The lowest BCUT2D eigenvalue weighted by Gasteiger charge is -2.25. The fraction of sp³-hybridized carbons (Fsp3) is 0.471. The second-order valence-electron chi connectivity index (χ2n) is 5.19. The summed E-state index contributed by atoms with van der Waals surface area (Å²) in [5.41, 5.74) is 10.1. The topological polar surface area (TPSA) is 43.8 Å². The highest BCUT2D eigenvalue weighted by atomic mass is 15.3. The van der Waals surface area contributed by atoms with Gasteiger partial charge in [-0.15, -0.1) is 0 Å². The third kappa shape index (κ3) is 2.93. The SMILES string of the molecule is CCc1cc(CC)n(C(CC)C(N)c2ccccc2)n1. The van der Waals surface area contributed by atoms with Crippen LogP contribution in [0.5, 0.6) is 0 Å². The molecule has 0 aliphatic rings. The standard InChI is InChI=1S/C17H25N3/c1-4-14-12-15(5-2)20(19-14)16(6-3)17(18)13-10-8-7-9-11-13/h7-12,16-17H,4-6,18H2,1-3H3. The van der Waals surface area contributed by atoms with Crippen molar-refractivity contribution in [3.8, 4) is 0 Å². The molecule has 0 fully saturated rings. The van der Waals surface area contributed by atoms with E-state index in [1.807, 2.05) is 18.2 Å². The summed E-state index contributed by atoms with van der Waals surface area (Å²) in [6.07, 6.45) is 2.94. The average molecular weight is 271 g/mol. The van der Waals surface area contributed by atoms with E-state index in [-0.39, 0.29) is 12.1 Å². The Morgan fingerprint density at radius 3 is 2.35 bits per heavy atom. The van der Waals surface area contributed by atoms with Crippen LogP contribution in [0, 0.1) is 0 Å². The highest BCUT2D eigenvalue weighted by Crippen LogP contribution is 2.28. The summed E-state index contributed by atoms with van der Waals surface area (Å²) in [7, 11) is 0. The molecule has 2 unspecified atom stereocenters. The van der Waals surface area contributed by atoms with E-state index in [4.69, 9.17) is 10.8 Å². The highest BCUT2D eigenvalue weighted by Gasteiger charge is 2.22. The molecular formula is C17H25N3. The molecule has 0 amide bonds. The van der Waals surface area contributed by atoms with E-state index >= 15 is 0 Å². The van der Waals surface area contributed by atoms with Gasteiger partial charge in [-0.25, -0.2) is 0 Å². The lowest BCUT2D eigenvalue weighted by atomic mass is 9.98. The third-order valence-corrected chi connectivity index (χ3v) is 3.92. The lowest BCUT2D eigenvalue weighted by molar-refractivity contribution is 0.361. The van der Waals surface area contributed by atoms with Crippen molar-refractivity contribution >= 4 is 0 Å². The zero-order valence-electron chi connectivity index (χ0n) is 12.7. The Labute approximate surface area is 121 Å². The molecule has 108 valence electrons. The Kier molecular flexibility index (Phi) is 4.96. The molecule has 2 aromatic rings. The molecule has 0 saturated heterocycles. The number of benzene rings is 1. The summed E-state index contributed by atoms with van der Waals surface area (Å²) in [5.74, 6) is 0. The van der Waals surface area contributed by atoms with E-state index in [1.165, 1.54) is 11.3 Å². The van der Waals surface area contributed by atoms with E-state index in [2.05, 4.69) is 43.7 Å². The van der Waals surface area contributed by atoms with Gasteiger partial charge in [0.05, 0.1) is 17.8 Å². The molecule has 3 nitrogen and oxygen atoms in total. The number of aryl methyl sites for hydroxylation is 2. The first-order valence-corrected chi connectivity index (χ1v) is 7.59. The molecule has 2 atom stereocenters. The van der Waals surface area contributed by atoms with Gasteiger partial charge in [-0.2, -0.15) is 5.10 Å². The maximum Gasteiger partial charge on any atom is 0.0712 e. The Bertz CT molecular complexity index is 530. The number of hydrogen-bond donors (Lipinski definition) is 1. The van der Waals surface area contributed by atoms with Gasteiger partial charge in [-0.3, -0.25) is 4.68 Å². The molecule has 0 spiro atoms. The highest BCUT2D eigenvalue weighted by molar-refractivity contribution is 5.21. The molecule has 2 rings (SSSR count). The van der Waals surface area contributed by atoms with E-state index in [0.29, 0.717) is 0 Å². The molecule has 20 heavy (non-hydrogen) atoms. The van der Waals surface area contributed by atoms with Gasteiger partial charge in [0.2, 0.25) is 0 Å². The van der Waals surface area contributed by atoms with Crippen molar-refractivity contribution in [2.24, 2.45) is 5.73 Å². The second kappa shape index (κ2) is 6.71. The van der Waals surface area contributed by atoms with Crippen molar-refractivity contribution in [1.29, 1.82) is 0 Å². The van der Waals surface area contributed by atoms with E-state index in [0.717, 1.165) is 25.0 Å². The number of aromatic nitrogens is 2. The number of nitrogens with two attached hydrogens (primary N) is 1. The van der Waals surface area contributed by atoms with E-state index < -0.39 is 0 Å². The van der Waals surface area contributed by atoms with Crippen molar-refractivity contribution in [1.82, 2.24) is 9.78 Å². The van der Waals surface area contributed by atoms with Crippen molar-refractivity contribution in [3.05, 3.63) is 53.3 Å². The summed E-state index contributed by atoms with van der Waals surface area (Å²) in [6.45, 7) is 6.50. The van der Waals surface area contributed by atoms with Crippen LogP contribution in [0.4, 0.5) is 0 Å². The Morgan fingerprint density at radius 1 is 1.10 bits per heavy atom. The average Bonchev–Trinajstić information content (AvgIpc) is 2.92. The molecule has 1 heterocycles. The first-order valence-electron chi connectivity index (χ1n) is 7.59. The van der Waals surface area contributed by atoms with E-state index in [9.17, 15) is 0 Å². The van der Waals surface area contributed by atoms with Gasteiger partial charge in [0.1, 0.15) is 0 Å². The van der Waals surface area contributed by atoms with Gasteiger partial charge in [0, 0.05) is 5.69 Å². The fourth-order valence-electron chi connectivity index (χ4n) is 2.69. The van der Waals surface area contributed by atoms with Crippen LogP contribution in [0.15, 0.2) is 36.4 Å². The minimum absolute atomic E-state index is 0.0175. The molecule has 0 bridgehead atoms. The lowest BCUT2D eigenvalue weighted by Crippen LogP contribution is -2.26. The molecule has 2 N–H and O–H groups in total. The monoisotopic (exact) mass is 271 g/mol. The first-order chi connectivity index (χ1) is 9.71. The van der Waals surface area contributed by atoms with Crippen LogP contribution < -0.4 is 5.73 Å². The smallest absolute Gasteiger partial charge is 0.0712 e. The van der Waals surface area contributed by atoms with Crippen LogP contribution in [0.1, 0.15) is 56.2 Å². The summed E-state index contributed by atoms with van der Waals surface area (Å²) < 4.78 is 2.15. The van der Waals surface area contributed by atoms with Gasteiger partial charge in [0.25, 0.3) is 0 Å². The summed E-state index contributed by atoms with van der Waals surface area (Å²) in [4.78, 5) is 0. The zero-order chi connectivity index (χ0) is 14.5. The largest absolute Gasteiger partial charge is 0.322 e. The maximum atomic E-state index is 6.50. The summed E-state index contributed by atoms with van der Waals surface area (Å²) in [6, 6.07) is 12.7. The Balaban J connectivity index is 2.34. The van der Waals surface area contributed by atoms with Crippen LogP contribution in [0.3, 0.4) is 0 Å². The van der Waals surface area contributed by atoms with Gasteiger partial charge in [-0.1, -0.05) is 51.1 Å².